The molecule has 5 atom stereocenters. The highest BCUT2D eigenvalue weighted by Crippen LogP contribution is 2.42. The monoisotopic (exact) mass is 868 g/mol. The minimum absolute atomic E-state index is 0.135. The molecule has 0 N–H and O–H groups in total. The SMILES string of the molecule is COc1ccc(C(OC[C@H]2O[C@H](OC)[C@H](OC(=O)OCc3ccccc3)[C@@H](OC(=O)OCc3ccccc3)[C@@H]2OC(=O)OCc2ccccc2)(c2ccccc2)c2ccccc2)cc1. The Hall–Kier alpha value is -7.19. The van der Waals surface area contributed by atoms with Crippen molar-refractivity contribution in [3.63, 3.8) is 0 Å². The van der Waals surface area contributed by atoms with Gasteiger partial charge in [-0.25, -0.2) is 14.4 Å². The Labute approximate surface area is 371 Å². The lowest BCUT2D eigenvalue weighted by Crippen LogP contribution is -2.63. The Balaban J connectivity index is 1.26. The van der Waals surface area contributed by atoms with Crippen LogP contribution in [0.1, 0.15) is 33.4 Å². The smallest absolute Gasteiger partial charge is 0.497 e. The van der Waals surface area contributed by atoms with E-state index in [1.54, 1.807) is 79.9 Å². The molecule has 0 amide bonds. The molecule has 6 aromatic carbocycles. The van der Waals surface area contributed by atoms with Crippen LogP contribution < -0.4 is 4.74 Å². The third-order valence-electron chi connectivity index (χ3n) is 10.4. The lowest BCUT2D eigenvalue weighted by molar-refractivity contribution is -0.302. The Kier molecular flexibility index (Phi) is 15.6. The maximum atomic E-state index is 13.7. The van der Waals surface area contributed by atoms with Gasteiger partial charge in [-0.1, -0.05) is 164 Å². The molecule has 13 heteroatoms. The van der Waals surface area contributed by atoms with Gasteiger partial charge in [-0.05, 0) is 45.5 Å². The second-order valence-electron chi connectivity index (χ2n) is 14.6. The first-order valence-corrected chi connectivity index (χ1v) is 20.6. The fraction of sp³-hybridized carbons (Fsp3) is 0.235. The Bertz CT molecular complexity index is 2310. The average molecular weight is 869 g/mol. The fourth-order valence-electron chi connectivity index (χ4n) is 7.32. The molecule has 0 bridgehead atoms. The van der Waals surface area contributed by atoms with Crippen molar-refractivity contribution >= 4 is 18.5 Å². The largest absolute Gasteiger partial charge is 0.509 e. The predicted molar refractivity (Wildman–Crippen MR) is 232 cm³/mol. The minimum atomic E-state index is -1.63. The number of carbonyl (C=O) groups excluding carboxylic acids is 3. The molecule has 1 saturated heterocycles. The van der Waals surface area contributed by atoms with E-state index in [1.807, 2.05) is 103 Å². The zero-order valence-corrected chi connectivity index (χ0v) is 35.3. The van der Waals surface area contributed by atoms with Gasteiger partial charge in [-0.2, -0.15) is 0 Å². The molecule has 0 unspecified atom stereocenters. The quantitative estimate of drug-likeness (QED) is 0.0488. The summed E-state index contributed by atoms with van der Waals surface area (Å²) in [6, 6.07) is 53.5. The highest BCUT2D eigenvalue weighted by Gasteiger charge is 2.54. The summed E-state index contributed by atoms with van der Waals surface area (Å²) >= 11 is 0. The van der Waals surface area contributed by atoms with Gasteiger partial charge in [0.05, 0.1) is 13.7 Å². The summed E-state index contributed by atoms with van der Waals surface area (Å²) in [4.78, 5) is 40.9. The van der Waals surface area contributed by atoms with Crippen LogP contribution in [0.25, 0.3) is 0 Å². The van der Waals surface area contributed by atoms with Gasteiger partial charge in [0.25, 0.3) is 0 Å². The van der Waals surface area contributed by atoms with Crippen molar-refractivity contribution in [2.45, 2.75) is 56.1 Å². The summed E-state index contributed by atoms with van der Waals surface area (Å²) in [5, 5.41) is 0. The lowest BCUT2D eigenvalue weighted by Gasteiger charge is -2.44. The summed E-state index contributed by atoms with van der Waals surface area (Å²) in [5.74, 6) is 0.632. The molecule has 1 aliphatic heterocycles. The van der Waals surface area contributed by atoms with Crippen LogP contribution in [0.15, 0.2) is 176 Å². The summed E-state index contributed by atoms with van der Waals surface area (Å²) in [6.07, 6.45) is -10.9. The van der Waals surface area contributed by atoms with Gasteiger partial charge in [0.1, 0.15) is 37.3 Å². The molecule has 7 rings (SSSR count). The topological polar surface area (TPSA) is 144 Å². The van der Waals surface area contributed by atoms with E-state index in [9.17, 15) is 14.4 Å². The van der Waals surface area contributed by atoms with E-state index in [0.29, 0.717) is 22.4 Å². The lowest BCUT2D eigenvalue weighted by atomic mass is 9.80. The van der Waals surface area contributed by atoms with Crippen LogP contribution in [0.3, 0.4) is 0 Å². The molecule has 13 nitrogen and oxygen atoms in total. The first kappa shape index (κ1) is 44.9. The van der Waals surface area contributed by atoms with Crippen molar-refractivity contribution in [1.82, 2.24) is 0 Å². The van der Waals surface area contributed by atoms with Crippen LogP contribution in [0.4, 0.5) is 14.4 Å². The molecule has 0 saturated carbocycles. The second-order valence-corrected chi connectivity index (χ2v) is 14.6. The standard InChI is InChI=1S/C51H48O13/c1-55-42-30-28-41(29-31-42)51(39-24-14-6-15-25-39,40-26-16-7-17-27-40)60-35-43-44(62-48(52)57-32-36-18-8-3-9-19-36)45(63-49(53)58-33-37-20-10-4-11-21-37)46(47(56-2)61-43)64-50(54)59-34-38-22-12-5-13-23-38/h3-31,43-47H,32-35H2,1-2H3/t43-,44-,45+,46-,47+/m1/s1. The molecule has 0 aliphatic carbocycles. The van der Waals surface area contributed by atoms with Crippen LogP contribution in [-0.4, -0.2) is 70.0 Å². The molecule has 0 aromatic heterocycles. The number of methoxy groups -OCH3 is 2. The molecule has 64 heavy (non-hydrogen) atoms. The number of benzene rings is 6. The number of hydrogen-bond donors (Lipinski definition) is 0. The Morgan fingerprint density at radius 2 is 0.844 bits per heavy atom. The Morgan fingerprint density at radius 1 is 0.469 bits per heavy atom. The average Bonchev–Trinajstić information content (AvgIpc) is 3.35. The van der Waals surface area contributed by atoms with Gasteiger partial charge >= 0.3 is 18.5 Å². The highest BCUT2D eigenvalue weighted by atomic mass is 16.8. The van der Waals surface area contributed by atoms with Gasteiger partial charge in [0, 0.05) is 7.11 Å². The van der Waals surface area contributed by atoms with Crippen molar-refractivity contribution in [2.24, 2.45) is 0 Å². The molecule has 0 spiro atoms. The van der Waals surface area contributed by atoms with Crippen molar-refractivity contribution < 1.29 is 61.8 Å². The van der Waals surface area contributed by atoms with Crippen molar-refractivity contribution in [3.8, 4) is 5.75 Å². The number of carbonyl (C=O) groups is 3. The highest BCUT2D eigenvalue weighted by molar-refractivity contribution is 5.63. The predicted octanol–water partition coefficient (Wildman–Crippen LogP) is 9.54. The van der Waals surface area contributed by atoms with E-state index in [1.165, 1.54) is 7.11 Å². The third kappa shape index (κ3) is 11.4. The first-order chi connectivity index (χ1) is 31.4. The molecule has 0 radical (unpaired) electrons. The number of rotatable bonds is 17. The third-order valence-corrected chi connectivity index (χ3v) is 10.4. The zero-order chi connectivity index (χ0) is 44.6. The fourth-order valence-corrected chi connectivity index (χ4v) is 7.32. The molecule has 330 valence electrons. The van der Waals surface area contributed by atoms with Crippen LogP contribution in [0, 0.1) is 0 Å². The van der Waals surface area contributed by atoms with E-state index in [-0.39, 0.29) is 26.4 Å². The van der Waals surface area contributed by atoms with Crippen molar-refractivity contribution in [3.05, 3.63) is 209 Å². The summed E-state index contributed by atoms with van der Waals surface area (Å²) < 4.78 is 59.3. The minimum Gasteiger partial charge on any atom is -0.497 e. The van der Waals surface area contributed by atoms with Crippen LogP contribution in [0.5, 0.6) is 5.75 Å². The van der Waals surface area contributed by atoms with E-state index in [4.69, 9.17) is 47.4 Å². The second kappa shape index (κ2) is 22.2. The van der Waals surface area contributed by atoms with E-state index < -0.39 is 54.8 Å². The zero-order valence-electron chi connectivity index (χ0n) is 35.3. The van der Waals surface area contributed by atoms with Crippen LogP contribution >= 0.6 is 0 Å². The summed E-state index contributed by atoms with van der Waals surface area (Å²) in [5.41, 5.74) is 2.99. The van der Waals surface area contributed by atoms with Crippen molar-refractivity contribution in [1.29, 1.82) is 0 Å². The van der Waals surface area contributed by atoms with E-state index in [0.717, 1.165) is 16.7 Å². The van der Waals surface area contributed by atoms with Gasteiger partial charge in [0.2, 0.25) is 0 Å². The number of ether oxygens (including phenoxy) is 10. The van der Waals surface area contributed by atoms with Gasteiger partial charge in [-0.3, -0.25) is 0 Å². The number of hydrogen-bond acceptors (Lipinski definition) is 13. The molecule has 6 aromatic rings. The Morgan fingerprint density at radius 3 is 1.25 bits per heavy atom. The molecule has 1 aliphatic rings. The maximum Gasteiger partial charge on any atom is 0.509 e. The first-order valence-electron chi connectivity index (χ1n) is 20.6. The van der Waals surface area contributed by atoms with E-state index >= 15 is 0 Å². The van der Waals surface area contributed by atoms with Crippen molar-refractivity contribution in [2.75, 3.05) is 20.8 Å². The van der Waals surface area contributed by atoms with Gasteiger partial charge < -0.3 is 47.4 Å². The molecular formula is C51H48O13. The summed E-state index contributed by atoms with van der Waals surface area (Å²) in [6.45, 7) is -0.758. The van der Waals surface area contributed by atoms with E-state index in [2.05, 4.69) is 0 Å². The molecular weight excluding hydrogens is 821 g/mol. The molecule has 1 heterocycles. The van der Waals surface area contributed by atoms with Crippen LogP contribution in [0.2, 0.25) is 0 Å². The van der Waals surface area contributed by atoms with Gasteiger partial charge in [0.15, 0.2) is 24.6 Å². The maximum absolute atomic E-state index is 13.7. The summed E-state index contributed by atoms with van der Waals surface area (Å²) in [7, 11) is 2.91. The van der Waals surface area contributed by atoms with Gasteiger partial charge in [-0.15, -0.1) is 0 Å². The molecule has 1 fully saturated rings. The normalized spacial score (nSPS) is 18.2. The van der Waals surface area contributed by atoms with Crippen LogP contribution in [-0.2, 0) is 68.1 Å².